The Kier molecular flexibility index (Phi) is 4.98. The lowest BCUT2D eigenvalue weighted by Crippen LogP contribution is -2.57. The third kappa shape index (κ3) is 2.71. The summed E-state index contributed by atoms with van der Waals surface area (Å²) in [7, 11) is 0. The van der Waals surface area contributed by atoms with E-state index in [4.69, 9.17) is 0 Å². The van der Waals surface area contributed by atoms with Crippen molar-refractivity contribution >= 4 is 0 Å². The van der Waals surface area contributed by atoms with Crippen molar-refractivity contribution in [2.75, 3.05) is 0 Å². The van der Waals surface area contributed by atoms with Gasteiger partial charge < -0.3 is 5.11 Å². The first kappa shape index (κ1) is 22.5. The molecule has 0 radical (unpaired) electrons. The smallest absolute Gasteiger partial charge is 0.0594 e. The third-order valence-corrected chi connectivity index (χ3v) is 13.1. The van der Waals surface area contributed by atoms with Crippen LogP contribution in [0.15, 0.2) is 12.2 Å². The molecule has 1 N–H and O–H groups in total. The van der Waals surface area contributed by atoms with E-state index in [0.29, 0.717) is 21.7 Å². The number of hydrogen-bond acceptors (Lipinski definition) is 1. The fourth-order valence-corrected chi connectivity index (χ4v) is 11.2. The minimum atomic E-state index is -0.0855. The van der Waals surface area contributed by atoms with Crippen LogP contribution in [-0.4, -0.2) is 11.2 Å². The zero-order valence-corrected chi connectivity index (χ0v) is 21.5. The van der Waals surface area contributed by atoms with Crippen molar-refractivity contribution in [2.24, 2.45) is 50.7 Å². The van der Waals surface area contributed by atoms with Gasteiger partial charge in [0.15, 0.2) is 0 Å². The van der Waals surface area contributed by atoms with Crippen molar-refractivity contribution in [3.05, 3.63) is 12.2 Å². The molecule has 9 unspecified atom stereocenters. The van der Waals surface area contributed by atoms with E-state index in [9.17, 15) is 5.11 Å². The summed E-state index contributed by atoms with van der Waals surface area (Å²) in [5, 5.41) is 10.8. The zero-order chi connectivity index (χ0) is 22.4. The molecule has 5 aliphatic rings. The van der Waals surface area contributed by atoms with E-state index >= 15 is 0 Å². The summed E-state index contributed by atoms with van der Waals surface area (Å²) in [6, 6.07) is 0. The highest BCUT2D eigenvalue weighted by molar-refractivity contribution is 5.30. The van der Waals surface area contributed by atoms with Crippen LogP contribution in [0.4, 0.5) is 0 Å². The molecule has 5 aliphatic carbocycles. The molecular formula is C30H50O. The molecule has 0 heterocycles. The van der Waals surface area contributed by atoms with Crippen LogP contribution < -0.4 is 0 Å². The van der Waals surface area contributed by atoms with Crippen molar-refractivity contribution in [1.82, 2.24) is 0 Å². The first-order valence-electron chi connectivity index (χ1n) is 13.8. The largest absolute Gasteiger partial charge is 0.393 e. The minimum Gasteiger partial charge on any atom is -0.393 e. The summed E-state index contributed by atoms with van der Waals surface area (Å²) in [4.78, 5) is 0. The summed E-state index contributed by atoms with van der Waals surface area (Å²) >= 11 is 0. The van der Waals surface area contributed by atoms with Gasteiger partial charge in [-0.05, 0) is 128 Å². The summed E-state index contributed by atoms with van der Waals surface area (Å²) in [5.41, 5.74) is 3.74. The SMILES string of the molecule is C=C(C)CCCC(C)C1CCC2(C)C3CCC4C(C)(C)C(O)CCC45CC35CCC12C. The van der Waals surface area contributed by atoms with Crippen LogP contribution in [0.5, 0.6) is 0 Å². The third-order valence-electron chi connectivity index (χ3n) is 13.1. The molecule has 1 nitrogen and oxygen atoms in total. The van der Waals surface area contributed by atoms with E-state index in [2.05, 4.69) is 48.1 Å². The summed E-state index contributed by atoms with van der Waals surface area (Å²) in [5.74, 6) is 3.46. The Bertz CT molecular complexity index is 752. The molecule has 5 fully saturated rings. The maximum Gasteiger partial charge on any atom is 0.0594 e. The molecule has 9 atom stereocenters. The van der Waals surface area contributed by atoms with Gasteiger partial charge in [0.2, 0.25) is 0 Å². The van der Waals surface area contributed by atoms with Crippen LogP contribution in [0.25, 0.3) is 0 Å². The Morgan fingerprint density at radius 2 is 1.58 bits per heavy atom. The molecule has 0 aromatic heterocycles. The molecule has 2 spiro atoms. The molecule has 176 valence electrons. The number of aliphatic hydroxyl groups is 1. The van der Waals surface area contributed by atoms with Crippen molar-refractivity contribution in [2.45, 2.75) is 125 Å². The predicted molar refractivity (Wildman–Crippen MR) is 131 cm³/mol. The Balaban J connectivity index is 1.39. The van der Waals surface area contributed by atoms with Crippen LogP contribution in [0, 0.1) is 50.7 Å². The summed E-state index contributed by atoms with van der Waals surface area (Å²) in [6.07, 6.45) is 16.4. The zero-order valence-electron chi connectivity index (χ0n) is 21.5. The van der Waals surface area contributed by atoms with Gasteiger partial charge in [0.25, 0.3) is 0 Å². The van der Waals surface area contributed by atoms with Gasteiger partial charge in [-0.15, -0.1) is 6.58 Å². The molecule has 5 rings (SSSR count). The van der Waals surface area contributed by atoms with Gasteiger partial charge in [-0.25, -0.2) is 0 Å². The van der Waals surface area contributed by atoms with Crippen LogP contribution in [0.1, 0.15) is 119 Å². The van der Waals surface area contributed by atoms with Gasteiger partial charge in [-0.3, -0.25) is 0 Å². The molecule has 0 aromatic rings. The van der Waals surface area contributed by atoms with E-state index < -0.39 is 0 Å². The first-order chi connectivity index (χ1) is 14.4. The van der Waals surface area contributed by atoms with E-state index in [1.54, 1.807) is 0 Å². The van der Waals surface area contributed by atoms with Crippen LogP contribution in [0.3, 0.4) is 0 Å². The highest BCUT2D eigenvalue weighted by Gasteiger charge is 2.82. The Hall–Kier alpha value is -0.300. The normalized spacial score (nSPS) is 53.0. The minimum absolute atomic E-state index is 0.0855. The lowest BCUT2D eigenvalue weighted by atomic mass is 9.41. The average molecular weight is 427 g/mol. The molecule has 0 amide bonds. The van der Waals surface area contributed by atoms with Gasteiger partial charge in [0.05, 0.1) is 6.10 Å². The van der Waals surface area contributed by atoms with Gasteiger partial charge in [-0.2, -0.15) is 0 Å². The molecule has 1 heteroatoms. The molecule has 0 saturated heterocycles. The quantitative estimate of drug-likeness (QED) is 0.439. The van der Waals surface area contributed by atoms with Crippen molar-refractivity contribution in [3.8, 4) is 0 Å². The topological polar surface area (TPSA) is 20.2 Å². The van der Waals surface area contributed by atoms with Crippen LogP contribution in [0.2, 0.25) is 0 Å². The number of rotatable bonds is 5. The lowest BCUT2D eigenvalue weighted by Gasteiger charge is -2.63. The molecule has 0 aromatic carbocycles. The van der Waals surface area contributed by atoms with Gasteiger partial charge in [-0.1, -0.05) is 46.6 Å². The standard InChI is InChI=1S/C30H50O/c1-20(2)9-8-10-21(3)22-13-15-28(7)24-12-11-23-26(4,5)25(31)14-16-29(23)19-30(24,29)18-17-27(22,28)6/h21-25,31H,1,8-19H2,2-7H3. The predicted octanol–water partition coefficient (Wildman–Crippen LogP) is 8.17. The Morgan fingerprint density at radius 3 is 2.29 bits per heavy atom. The van der Waals surface area contributed by atoms with E-state index in [1.165, 1.54) is 76.2 Å². The van der Waals surface area contributed by atoms with Crippen molar-refractivity contribution in [1.29, 1.82) is 0 Å². The highest BCUT2D eigenvalue weighted by Crippen LogP contribution is 2.89. The van der Waals surface area contributed by atoms with Crippen molar-refractivity contribution < 1.29 is 5.11 Å². The second-order valence-electron chi connectivity index (χ2n) is 14.4. The fraction of sp³-hybridized carbons (Fsp3) is 0.933. The molecule has 5 saturated carbocycles. The highest BCUT2D eigenvalue weighted by atomic mass is 16.3. The van der Waals surface area contributed by atoms with Crippen molar-refractivity contribution in [3.63, 3.8) is 0 Å². The average Bonchev–Trinajstić information content (AvgIpc) is 3.27. The molecule has 0 aliphatic heterocycles. The van der Waals surface area contributed by atoms with E-state index in [0.717, 1.165) is 30.1 Å². The second-order valence-corrected chi connectivity index (χ2v) is 14.4. The number of fused-ring (bicyclic) bond motifs is 2. The summed E-state index contributed by atoms with van der Waals surface area (Å²) < 4.78 is 0. The van der Waals surface area contributed by atoms with Gasteiger partial charge >= 0.3 is 0 Å². The first-order valence-corrected chi connectivity index (χ1v) is 13.8. The van der Waals surface area contributed by atoms with Crippen LogP contribution >= 0.6 is 0 Å². The molecular weight excluding hydrogens is 376 g/mol. The monoisotopic (exact) mass is 426 g/mol. The maximum atomic E-state index is 10.8. The number of hydrogen-bond donors (Lipinski definition) is 1. The number of aliphatic hydroxyl groups excluding tert-OH is 1. The van der Waals surface area contributed by atoms with Gasteiger partial charge in [0, 0.05) is 0 Å². The maximum absolute atomic E-state index is 10.8. The second kappa shape index (κ2) is 6.86. The lowest BCUT2D eigenvalue weighted by molar-refractivity contribution is -0.161. The molecule has 0 bridgehead atoms. The van der Waals surface area contributed by atoms with Gasteiger partial charge in [0.1, 0.15) is 0 Å². The van der Waals surface area contributed by atoms with E-state index in [1.807, 2.05) is 0 Å². The molecule has 31 heavy (non-hydrogen) atoms. The number of allylic oxidation sites excluding steroid dienone is 1. The Morgan fingerprint density at radius 1 is 0.903 bits per heavy atom. The fourth-order valence-electron chi connectivity index (χ4n) is 11.2. The van der Waals surface area contributed by atoms with E-state index in [-0.39, 0.29) is 11.5 Å². The Labute approximate surface area is 192 Å². The van der Waals surface area contributed by atoms with Crippen LogP contribution in [-0.2, 0) is 0 Å². The summed E-state index contributed by atoms with van der Waals surface area (Å²) in [6.45, 7) is 19.1.